The Bertz CT molecular complexity index is 1240. The number of aryl methyl sites for hydroxylation is 2. The van der Waals surface area contributed by atoms with Crippen LogP contribution in [-0.4, -0.2) is 35.8 Å². The van der Waals surface area contributed by atoms with E-state index in [-0.39, 0.29) is 10.7 Å². The lowest BCUT2D eigenvalue weighted by Gasteiger charge is -2.02. The second-order valence-electron chi connectivity index (χ2n) is 6.18. The highest BCUT2D eigenvalue weighted by molar-refractivity contribution is 6.30. The lowest BCUT2D eigenvalue weighted by Crippen LogP contribution is -2.06. The zero-order valence-electron chi connectivity index (χ0n) is 15.4. The number of nitrogens with zero attached hydrogens (tertiary/aromatic N) is 7. The Labute approximate surface area is 169 Å². The van der Waals surface area contributed by atoms with E-state index in [0.29, 0.717) is 23.0 Å². The first-order chi connectivity index (χ1) is 13.9. The molecular formula is C18H14ClN7O3. The van der Waals surface area contributed by atoms with E-state index in [1.807, 2.05) is 19.9 Å². The Morgan fingerprint density at radius 1 is 1.24 bits per heavy atom. The molecule has 0 aliphatic rings. The molecule has 0 saturated carbocycles. The van der Waals surface area contributed by atoms with Gasteiger partial charge in [0.1, 0.15) is 17.8 Å². The molecule has 0 aliphatic heterocycles. The molecule has 10 nitrogen and oxygen atoms in total. The molecule has 0 N–H and O–H groups in total. The summed E-state index contributed by atoms with van der Waals surface area (Å²) in [6.45, 7) is 3.79. The van der Waals surface area contributed by atoms with E-state index in [0.717, 1.165) is 11.4 Å². The Morgan fingerprint density at radius 3 is 2.79 bits per heavy atom. The highest BCUT2D eigenvalue weighted by Crippen LogP contribution is 2.33. The summed E-state index contributed by atoms with van der Waals surface area (Å²) in [7, 11) is 0. The normalized spacial score (nSPS) is 11.4. The van der Waals surface area contributed by atoms with Crippen molar-refractivity contribution in [2.24, 2.45) is 5.10 Å². The molecule has 0 fully saturated rings. The van der Waals surface area contributed by atoms with E-state index in [4.69, 9.17) is 16.0 Å². The average molecular weight is 412 g/mol. The third-order valence-corrected chi connectivity index (χ3v) is 4.31. The zero-order chi connectivity index (χ0) is 20.5. The fourth-order valence-electron chi connectivity index (χ4n) is 2.83. The summed E-state index contributed by atoms with van der Waals surface area (Å²) in [5.41, 5.74) is 1.93. The van der Waals surface area contributed by atoms with Gasteiger partial charge in [-0.3, -0.25) is 10.1 Å². The summed E-state index contributed by atoms with van der Waals surface area (Å²) < 4.78 is 8.78. The topological polar surface area (TPSA) is 117 Å². The van der Waals surface area contributed by atoms with Crippen molar-refractivity contribution in [3.63, 3.8) is 0 Å². The quantitative estimate of drug-likeness (QED) is 0.280. The fraction of sp³-hybridized carbons (Fsp3) is 0.111. The number of halogens is 1. The van der Waals surface area contributed by atoms with Crippen molar-refractivity contribution in [1.82, 2.24) is 24.7 Å². The first-order valence-electron chi connectivity index (χ1n) is 8.44. The van der Waals surface area contributed by atoms with Crippen LogP contribution in [0.4, 0.5) is 5.69 Å². The van der Waals surface area contributed by atoms with Gasteiger partial charge in [0, 0.05) is 16.8 Å². The van der Waals surface area contributed by atoms with Crippen LogP contribution in [-0.2, 0) is 0 Å². The molecule has 0 aliphatic carbocycles. The highest BCUT2D eigenvalue weighted by Gasteiger charge is 2.18. The maximum Gasteiger partial charge on any atom is 0.281 e. The zero-order valence-corrected chi connectivity index (χ0v) is 16.1. The molecule has 0 radical (unpaired) electrons. The summed E-state index contributed by atoms with van der Waals surface area (Å²) in [4.78, 5) is 10.8. The van der Waals surface area contributed by atoms with Gasteiger partial charge in [0.15, 0.2) is 0 Å². The van der Waals surface area contributed by atoms with E-state index in [2.05, 4.69) is 20.4 Å². The van der Waals surface area contributed by atoms with Crippen molar-refractivity contribution >= 4 is 23.5 Å². The van der Waals surface area contributed by atoms with Crippen LogP contribution >= 0.6 is 11.6 Å². The number of hydrogen-bond donors (Lipinski definition) is 0. The van der Waals surface area contributed by atoms with Gasteiger partial charge in [-0.1, -0.05) is 11.6 Å². The third-order valence-electron chi connectivity index (χ3n) is 4.07. The third kappa shape index (κ3) is 3.65. The van der Waals surface area contributed by atoms with Gasteiger partial charge in [0.05, 0.1) is 22.4 Å². The molecule has 0 atom stereocenters. The smallest absolute Gasteiger partial charge is 0.281 e. The molecule has 0 spiro atoms. The van der Waals surface area contributed by atoms with Crippen LogP contribution in [0.25, 0.3) is 17.3 Å². The minimum absolute atomic E-state index is 0.138. The Morgan fingerprint density at radius 2 is 2.07 bits per heavy atom. The number of aromatic nitrogens is 5. The van der Waals surface area contributed by atoms with Crippen LogP contribution in [0.1, 0.15) is 17.1 Å². The van der Waals surface area contributed by atoms with Gasteiger partial charge in [-0.15, -0.1) is 10.2 Å². The lowest BCUT2D eigenvalue weighted by molar-refractivity contribution is -0.384. The van der Waals surface area contributed by atoms with Crippen molar-refractivity contribution < 1.29 is 9.34 Å². The van der Waals surface area contributed by atoms with Crippen LogP contribution in [0.2, 0.25) is 5.02 Å². The summed E-state index contributed by atoms with van der Waals surface area (Å²) in [5.74, 6) is 1.15. The van der Waals surface area contributed by atoms with Gasteiger partial charge in [-0.2, -0.15) is 14.9 Å². The van der Waals surface area contributed by atoms with Crippen molar-refractivity contribution in [2.75, 3.05) is 0 Å². The predicted octanol–water partition coefficient (Wildman–Crippen LogP) is 3.78. The summed E-state index contributed by atoms with van der Waals surface area (Å²) in [6.07, 6.45) is 2.90. The van der Waals surface area contributed by atoms with E-state index in [1.165, 1.54) is 23.3 Å². The lowest BCUT2D eigenvalue weighted by atomic mass is 10.1. The average Bonchev–Trinajstić information content (AvgIpc) is 3.39. The molecular weight excluding hydrogens is 398 g/mol. The largest absolute Gasteiger partial charge is 0.455 e. The van der Waals surface area contributed by atoms with Crippen molar-refractivity contribution in [1.29, 1.82) is 0 Å². The summed E-state index contributed by atoms with van der Waals surface area (Å²) >= 11 is 5.86. The Balaban J connectivity index is 1.63. The van der Waals surface area contributed by atoms with Gasteiger partial charge in [0.2, 0.25) is 0 Å². The van der Waals surface area contributed by atoms with Crippen LogP contribution in [0.5, 0.6) is 0 Å². The maximum absolute atomic E-state index is 11.3. The van der Waals surface area contributed by atoms with Crippen molar-refractivity contribution in [2.45, 2.75) is 13.8 Å². The first kappa shape index (κ1) is 18.6. The standard InChI is InChI=1S/C18H14ClN7O3/c1-11-7-12(2)25(23-11)18-22-20-10-24(18)21-9-14-4-6-17(29-14)15-5-3-13(19)8-16(15)26(27)28/h3-10H,1-2H3/b21-9-. The van der Waals surface area contributed by atoms with Crippen molar-refractivity contribution in [3.05, 3.63) is 75.0 Å². The van der Waals surface area contributed by atoms with Gasteiger partial charge in [-0.25, -0.2) is 4.68 Å². The number of nitro benzene ring substituents is 1. The van der Waals surface area contributed by atoms with Gasteiger partial charge in [-0.05, 0) is 44.2 Å². The van der Waals surface area contributed by atoms with Crippen molar-refractivity contribution in [3.8, 4) is 17.3 Å². The number of hydrogen-bond acceptors (Lipinski definition) is 7. The van der Waals surface area contributed by atoms with E-state index < -0.39 is 4.92 Å². The minimum Gasteiger partial charge on any atom is -0.455 e. The number of nitro groups is 1. The molecule has 4 aromatic rings. The highest BCUT2D eigenvalue weighted by atomic mass is 35.5. The molecule has 3 aromatic heterocycles. The van der Waals surface area contributed by atoms with Gasteiger partial charge < -0.3 is 4.42 Å². The Kier molecular flexibility index (Phi) is 4.69. The molecule has 1 aromatic carbocycles. The second kappa shape index (κ2) is 7.32. The molecule has 0 amide bonds. The molecule has 0 saturated heterocycles. The van der Waals surface area contributed by atoms with Crippen LogP contribution < -0.4 is 0 Å². The van der Waals surface area contributed by atoms with Crippen LogP contribution in [0.15, 0.2) is 52.2 Å². The monoisotopic (exact) mass is 411 g/mol. The summed E-state index contributed by atoms with van der Waals surface area (Å²) in [5, 5.41) is 28.2. The van der Waals surface area contributed by atoms with E-state index in [9.17, 15) is 10.1 Å². The molecule has 0 bridgehead atoms. The van der Waals surface area contributed by atoms with E-state index >= 15 is 0 Å². The van der Waals surface area contributed by atoms with Crippen LogP contribution in [0.3, 0.4) is 0 Å². The number of benzene rings is 1. The molecule has 29 heavy (non-hydrogen) atoms. The maximum atomic E-state index is 11.3. The molecule has 4 rings (SSSR count). The first-order valence-corrected chi connectivity index (χ1v) is 8.82. The molecule has 11 heteroatoms. The van der Waals surface area contributed by atoms with Gasteiger partial charge >= 0.3 is 0 Å². The van der Waals surface area contributed by atoms with Gasteiger partial charge in [0.25, 0.3) is 11.6 Å². The minimum atomic E-state index is -0.505. The van der Waals surface area contributed by atoms with E-state index in [1.54, 1.807) is 28.9 Å². The number of rotatable bonds is 5. The molecule has 146 valence electrons. The molecule has 0 unspecified atom stereocenters. The SMILES string of the molecule is Cc1cc(C)n(-c2nncn2/N=C\c2ccc(-c3ccc(Cl)cc3[N+](=O)[O-])o2)n1. The Hall–Kier alpha value is -3.79. The molecule has 3 heterocycles. The van der Waals surface area contributed by atoms with Crippen LogP contribution in [0, 0.1) is 24.0 Å². The second-order valence-corrected chi connectivity index (χ2v) is 6.62. The summed E-state index contributed by atoms with van der Waals surface area (Å²) in [6, 6.07) is 9.60. The fourth-order valence-corrected chi connectivity index (χ4v) is 2.99. The number of furan rings is 1. The predicted molar refractivity (Wildman–Crippen MR) is 105 cm³/mol.